The number of carbonyl (C=O) groups excluding carboxylic acids is 2. The van der Waals surface area contributed by atoms with Gasteiger partial charge in [0.25, 0.3) is 5.91 Å². The van der Waals surface area contributed by atoms with Gasteiger partial charge in [0.2, 0.25) is 0 Å². The first-order chi connectivity index (χ1) is 8.54. The smallest absolute Gasteiger partial charge is 0.305 e. The van der Waals surface area contributed by atoms with Crippen molar-refractivity contribution in [2.45, 2.75) is 12.8 Å². The topological polar surface area (TPSA) is 55.4 Å². The van der Waals surface area contributed by atoms with Crippen molar-refractivity contribution in [3.05, 3.63) is 33.3 Å². The summed E-state index contributed by atoms with van der Waals surface area (Å²) in [4.78, 5) is 22.6. The molecular formula is C12H13BrClNO3. The number of halogens is 2. The zero-order chi connectivity index (χ0) is 13.5. The Labute approximate surface area is 119 Å². The molecule has 1 amide bonds. The van der Waals surface area contributed by atoms with E-state index in [1.54, 1.807) is 18.2 Å². The maximum absolute atomic E-state index is 11.8. The largest absolute Gasteiger partial charge is 0.469 e. The SMILES string of the molecule is COC(=O)CCCNC(=O)c1ccc(Br)cc1Cl. The van der Waals surface area contributed by atoms with E-state index in [-0.39, 0.29) is 18.3 Å². The number of nitrogens with one attached hydrogen (secondary N) is 1. The number of ether oxygens (including phenoxy) is 1. The van der Waals surface area contributed by atoms with Crippen molar-refractivity contribution in [2.75, 3.05) is 13.7 Å². The second-order valence-electron chi connectivity index (χ2n) is 3.56. The van der Waals surface area contributed by atoms with Gasteiger partial charge in [-0.3, -0.25) is 9.59 Å². The summed E-state index contributed by atoms with van der Waals surface area (Å²) in [7, 11) is 1.34. The van der Waals surface area contributed by atoms with E-state index in [1.807, 2.05) is 0 Å². The van der Waals surface area contributed by atoms with E-state index in [0.717, 1.165) is 4.47 Å². The molecule has 0 saturated heterocycles. The Morgan fingerprint density at radius 3 is 2.78 bits per heavy atom. The maximum atomic E-state index is 11.8. The van der Waals surface area contributed by atoms with Crippen LogP contribution in [0.2, 0.25) is 5.02 Å². The van der Waals surface area contributed by atoms with Crippen molar-refractivity contribution < 1.29 is 14.3 Å². The minimum atomic E-state index is -0.286. The monoisotopic (exact) mass is 333 g/mol. The summed E-state index contributed by atoms with van der Waals surface area (Å²) >= 11 is 9.21. The third-order valence-corrected chi connectivity index (χ3v) is 3.05. The van der Waals surface area contributed by atoms with Crippen LogP contribution in [0, 0.1) is 0 Å². The highest BCUT2D eigenvalue weighted by Crippen LogP contribution is 2.21. The molecule has 0 unspecified atom stereocenters. The van der Waals surface area contributed by atoms with E-state index in [0.29, 0.717) is 23.6 Å². The van der Waals surface area contributed by atoms with Gasteiger partial charge in [0.05, 0.1) is 17.7 Å². The molecule has 4 nitrogen and oxygen atoms in total. The zero-order valence-corrected chi connectivity index (χ0v) is 12.2. The quantitative estimate of drug-likeness (QED) is 0.665. The Hall–Kier alpha value is -1.07. The first-order valence-electron chi connectivity index (χ1n) is 5.34. The summed E-state index contributed by atoms with van der Waals surface area (Å²) in [5.74, 6) is -0.539. The number of hydrogen-bond acceptors (Lipinski definition) is 3. The van der Waals surface area contributed by atoms with Crippen LogP contribution in [0.15, 0.2) is 22.7 Å². The van der Waals surface area contributed by atoms with Crippen molar-refractivity contribution >= 4 is 39.4 Å². The maximum Gasteiger partial charge on any atom is 0.305 e. The lowest BCUT2D eigenvalue weighted by Crippen LogP contribution is -2.25. The molecule has 0 bridgehead atoms. The van der Waals surface area contributed by atoms with Gasteiger partial charge in [-0.15, -0.1) is 0 Å². The Balaban J connectivity index is 2.43. The summed E-state index contributed by atoms with van der Waals surface area (Å²) < 4.78 is 5.31. The van der Waals surface area contributed by atoms with Crippen LogP contribution in [0.3, 0.4) is 0 Å². The first-order valence-corrected chi connectivity index (χ1v) is 6.51. The number of esters is 1. The van der Waals surface area contributed by atoms with E-state index in [1.165, 1.54) is 7.11 Å². The molecular weight excluding hydrogens is 321 g/mol. The Kier molecular flexibility index (Phi) is 6.15. The van der Waals surface area contributed by atoms with Gasteiger partial charge in [-0.1, -0.05) is 27.5 Å². The van der Waals surface area contributed by atoms with Crippen molar-refractivity contribution in [2.24, 2.45) is 0 Å². The van der Waals surface area contributed by atoms with Gasteiger partial charge in [0.1, 0.15) is 0 Å². The van der Waals surface area contributed by atoms with Crippen LogP contribution in [0.4, 0.5) is 0 Å². The van der Waals surface area contributed by atoms with Crippen LogP contribution in [0.5, 0.6) is 0 Å². The van der Waals surface area contributed by atoms with E-state index in [4.69, 9.17) is 11.6 Å². The lowest BCUT2D eigenvalue weighted by Gasteiger charge is -2.06. The summed E-state index contributed by atoms with van der Waals surface area (Å²) in [6.07, 6.45) is 0.817. The van der Waals surface area contributed by atoms with Gasteiger partial charge >= 0.3 is 5.97 Å². The molecule has 18 heavy (non-hydrogen) atoms. The predicted octanol–water partition coefficient (Wildman–Crippen LogP) is 2.79. The van der Waals surface area contributed by atoms with Crippen molar-refractivity contribution in [3.8, 4) is 0 Å². The highest BCUT2D eigenvalue weighted by Gasteiger charge is 2.10. The zero-order valence-electron chi connectivity index (χ0n) is 9.83. The fraction of sp³-hybridized carbons (Fsp3) is 0.333. The van der Waals surface area contributed by atoms with E-state index >= 15 is 0 Å². The summed E-state index contributed by atoms with van der Waals surface area (Å²) in [6, 6.07) is 5.04. The van der Waals surface area contributed by atoms with Crippen molar-refractivity contribution in [1.82, 2.24) is 5.32 Å². The molecule has 1 N–H and O–H groups in total. The first kappa shape index (κ1) is 15.0. The molecule has 98 valence electrons. The summed E-state index contributed by atoms with van der Waals surface area (Å²) in [6.45, 7) is 0.403. The van der Waals surface area contributed by atoms with Crippen molar-refractivity contribution in [1.29, 1.82) is 0 Å². The number of methoxy groups -OCH3 is 1. The number of hydrogen-bond donors (Lipinski definition) is 1. The minimum Gasteiger partial charge on any atom is -0.469 e. The average Bonchev–Trinajstić information content (AvgIpc) is 2.34. The standard InChI is InChI=1S/C12H13BrClNO3/c1-18-11(16)3-2-6-15-12(17)9-5-4-8(13)7-10(9)14/h4-5,7H,2-3,6H2,1H3,(H,15,17). The second kappa shape index (κ2) is 7.38. The Morgan fingerprint density at radius 1 is 1.44 bits per heavy atom. The molecule has 6 heteroatoms. The van der Waals surface area contributed by atoms with Gasteiger partial charge < -0.3 is 10.1 Å². The number of rotatable bonds is 5. The molecule has 0 aliphatic heterocycles. The van der Waals surface area contributed by atoms with E-state index in [2.05, 4.69) is 26.0 Å². The Morgan fingerprint density at radius 2 is 2.17 bits per heavy atom. The summed E-state index contributed by atoms with van der Waals surface area (Å²) in [5.41, 5.74) is 0.415. The molecule has 0 aromatic heterocycles. The lowest BCUT2D eigenvalue weighted by atomic mass is 10.2. The summed E-state index contributed by atoms with van der Waals surface area (Å²) in [5, 5.41) is 3.08. The molecule has 1 aromatic carbocycles. The molecule has 0 atom stereocenters. The molecule has 0 saturated carbocycles. The van der Waals surface area contributed by atoms with Crippen LogP contribution in [0.25, 0.3) is 0 Å². The van der Waals surface area contributed by atoms with Gasteiger partial charge in [-0.05, 0) is 24.6 Å². The van der Waals surface area contributed by atoms with E-state index < -0.39 is 0 Å². The second-order valence-corrected chi connectivity index (χ2v) is 4.88. The van der Waals surface area contributed by atoms with E-state index in [9.17, 15) is 9.59 Å². The molecule has 0 spiro atoms. The molecule has 0 aliphatic carbocycles. The number of benzene rings is 1. The van der Waals surface area contributed by atoms with Gasteiger partial charge in [0, 0.05) is 17.4 Å². The number of carbonyl (C=O) groups is 2. The van der Waals surface area contributed by atoms with Gasteiger partial charge in [-0.2, -0.15) is 0 Å². The Bertz CT molecular complexity index is 451. The molecule has 0 fully saturated rings. The van der Waals surface area contributed by atoms with Crippen LogP contribution in [0.1, 0.15) is 23.2 Å². The predicted molar refractivity (Wildman–Crippen MR) is 72.7 cm³/mol. The van der Waals surface area contributed by atoms with Gasteiger partial charge in [-0.25, -0.2) is 0 Å². The molecule has 0 radical (unpaired) electrons. The van der Waals surface area contributed by atoms with Crippen LogP contribution >= 0.6 is 27.5 Å². The molecule has 1 rings (SSSR count). The highest BCUT2D eigenvalue weighted by molar-refractivity contribution is 9.10. The number of amides is 1. The third kappa shape index (κ3) is 4.66. The van der Waals surface area contributed by atoms with Crippen LogP contribution in [-0.2, 0) is 9.53 Å². The normalized spacial score (nSPS) is 9.94. The van der Waals surface area contributed by atoms with Crippen LogP contribution in [-0.4, -0.2) is 25.5 Å². The molecule has 1 aromatic rings. The minimum absolute atomic E-state index is 0.252. The fourth-order valence-corrected chi connectivity index (χ4v) is 2.06. The average molecular weight is 335 g/mol. The van der Waals surface area contributed by atoms with Crippen molar-refractivity contribution in [3.63, 3.8) is 0 Å². The molecule has 0 heterocycles. The lowest BCUT2D eigenvalue weighted by molar-refractivity contribution is -0.140. The third-order valence-electron chi connectivity index (χ3n) is 2.25. The fourth-order valence-electron chi connectivity index (χ4n) is 1.31. The van der Waals surface area contributed by atoms with Crippen LogP contribution < -0.4 is 5.32 Å². The molecule has 0 aliphatic rings. The highest BCUT2D eigenvalue weighted by atomic mass is 79.9. The van der Waals surface area contributed by atoms with Gasteiger partial charge in [0.15, 0.2) is 0 Å².